The van der Waals surface area contributed by atoms with Gasteiger partial charge in [0.2, 0.25) is 0 Å². The number of aromatic nitrogens is 1. The van der Waals surface area contributed by atoms with Crippen LogP contribution in [-0.2, 0) is 16.0 Å². The van der Waals surface area contributed by atoms with Crippen LogP contribution < -0.4 is 9.64 Å². The highest BCUT2D eigenvalue weighted by Gasteiger charge is 2.27. The molecular weight excluding hydrogens is 422 g/mol. The zero-order valence-corrected chi connectivity index (χ0v) is 18.9. The summed E-state index contributed by atoms with van der Waals surface area (Å²) in [6, 6.07) is 11.5. The molecule has 0 aliphatic carbocycles. The Hall–Kier alpha value is -3.10. The van der Waals surface area contributed by atoms with Crippen LogP contribution >= 0.6 is 0 Å². The summed E-state index contributed by atoms with van der Waals surface area (Å²) in [5, 5.41) is 1.00. The number of furan rings is 1. The molecule has 2 aliphatic rings. The van der Waals surface area contributed by atoms with Gasteiger partial charge in [-0.1, -0.05) is 0 Å². The SMILES string of the molecule is COc1ccc2cc(CN(CC3CCCO3)C(=O)c3ccco3)c(N3CCOCC3)nc2c1. The van der Waals surface area contributed by atoms with Crippen molar-refractivity contribution in [3.05, 3.63) is 54.0 Å². The summed E-state index contributed by atoms with van der Waals surface area (Å²) in [5.41, 5.74) is 1.86. The third-order valence-corrected chi connectivity index (χ3v) is 6.22. The van der Waals surface area contributed by atoms with Crippen molar-refractivity contribution in [2.75, 3.05) is 51.5 Å². The fourth-order valence-electron chi connectivity index (χ4n) is 4.49. The molecular formula is C25H29N3O5. The first-order valence-electron chi connectivity index (χ1n) is 11.5. The number of carbonyl (C=O) groups is 1. The highest BCUT2D eigenvalue weighted by molar-refractivity contribution is 5.91. The number of fused-ring (bicyclic) bond motifs is 1. The van der Waals surface area contributed by atoms with E-state index in [-0.39, 0.29) is 12.0 Å². The fourth-order valence-corrected chi connectivity index (χ4v) is 4.49. The summed E-state index contributed by atoms with van der Waals surface area (Å²) in [7, 11) is 1.65. The summed E-state index contributed by atoms with van der Waals surface area (Å²) in [6.07, 6.45) is 3.54. The lowest BCUT2D eigenvalue weighted by Crippen LogP contribution is -2.39. The van der Waals surface area contributed by atoms with Gasteiger partial charge in [-0.2, -0.15) is 0 Å². The van der Waals surface area contributed by atoms with Crippen molar-refractivity contribution < 1.29 is 23.4 Å². The zero-order valence-electron chi connectivity index (χ0n) is 18.9. The van der Waals surface area contributed by atoms with Crippen molar-refractivity contribution in [3.8, 4) is 5.75 Å². The van der Waals surface area contributed by atoms with Crippen LogP contribution in [0.3, 0.4) is 0 Å². The number of hydrogen-bond donors (Lipinski definition) is 0. The topological polar surface area (TPSA) is 77.3 Å². The van der Waals surface area contributed by atoms with E-state index in [2.05, 4.69) is 11.0 Å². The van der Waals surface area contributed by atoms with E-state index in [1.165, 1.54) is 6.26 Å². The van der Waals surface area contributed by atoms with Gasteiger partial charge in [0, 0.05) is 49.8 Å². The van der Waals surface area contributed by atoms with Gasteiger partial charge in [-0.3, -0.25) is 4.79 Å². The van der Waals surface area contributed by atoms with Gasteiger partial charge in [-0.05, 0) is 43.2 Å². The van der Waals surface area contributed by atoms with E-state index in [0.29, 0.717) is 32.1 Å². The molecule has 1 amide bonds. The van der Waals surface area contributed by atoms with E-state index in [0.717, 1.165) is 60.6 Å². The average molecular weight is 452 g/mol. The summed E-state index contributed by atoms with van der Waals surface area (Å²) in [4.78, 5) is 22.4. The number of anilines is 1. The Labute approximate surface area is 193 Å². The molecule has 8 nitrogen and oxygen atoms in total. The van der Waals surface area contributed by atoms with Gasteiger partial charge in [0.15, 0.2) is 5.76 Å². The predicted octanol–water partition coefficient (Wildman–Crippen LogP) is 3.49. The Balaban J connectivity index is 1.52. The van der Waals surface area contributed by atoms with E-state index in [1.54, 1.807) is 19.2 Å². The van der Waals surface area contributed by atoms with Gasteiger partial charge >= 0.3 is 0 Å². The van der Waals surface area contributed by atoms with Crippen molar-refractivity contribution in [1.29, 1.82) is 0 Å². The molecule has 174 valence electrons. The molecule has 33 heavy (non-hydrogen) atoms. The highest BCUT2D eigenvalue weighted by Crippen LogP contribution is 2.29. The van der Waals surface area contributed by atoms with Crippen molar-refractivity contribution in [3.63, 3.8) is 0 Å². The average Bonchev–Trinajstić information content (AvgIpc) is 3.58. The number of methoxy groups -OCH3 is 1. The summed E-state index contributed by atoms with van der Waals surface area (Å²) < 4.78 is 22.2. The molecule has 1 unspecified atom stereocenters. The largest absolute Gasteiger partial charge is 0.497 e. The molecule has 0 bridgehead atoms. The maximum Gasteiger partial charge on any atom is 0.289 e. The minimum Gasteiger partial charge on any atom is -0.497 e. The number of carbonyl (C=O) groups excluding carboxylic acids is 1. The normalized spacial score (nSPS) is 18.6. The van der Waals surface area contributed by atoms with E-state index >= 15 is 0 Å². The molecule has 2 saturated heterocycles. The Morgan fingerprint density at radius 3 is 2.82 bits per heavy atom. The van der Waals surface area contributed by atoms with Crippen LogP contribution in [0, 0.1) is 0 Å². The number of amides is 1. The number of hydrogen-bond acceptors (Lipinski definition) is 7. The van der Waals surface area contributed by atoms with Crippen molar-refractivity contribution in [1.82, 2.24) is 9.88 Å². The van der Waals surface area contributed by atoms with E-state index in [9.17, 15) is 4.79 Å². The van der Waals surface area contributed by atoms with Crippen LogP contribution in [0.2, 0.25) is 0 Å². The lowest BCUT2D eigenvalue weighted by atomic mass is 10.1. The monoisotopic (exact) mass is 451 g/mol. The van der Waals surface area contributed by atoms with Crippen LogP contribution in [0.1, 0.15) is 29.0 Å². The summed E-state index contributed by atoms with van der Waals surface area (Å²) in [6.45, 7) is 4.50. The van der Waals surface area contributed by atoms with Crippen LogP contribution in [-0.4, -0.2) is 68.5 Å². The fraction of sp³-hybridized carbons (Fsp3) is 0.440. The molecule has 2 fully saturated rings. The van der Waals surface area contributed by atoms with Gasteiger partial charge < -0.3 is 28.4 Å². The van der Waals surface area contributed by atoms with Gasteiger partial charge in [-0.15, -0.1) is 0 Å². The quantitative estimate of drug-likeness (QED) is 0.544. The first kappa shape index (κ1) is 21.7. The second-order valence-electron chi connectivity index (χ2n) is 8.43. The zero-order chi connectivity index (χ0) is 22.6. The van der Waals surface area contributed by atoms with E-state index < -0.39 is 0 Å². The van der Waals surface area contributed by atoms with Gasteiger partial charge in [0.05, 0.1) is 38.2 Å². The van der Waals surface area contributed by atoms with Crippen LogP contribution in [0.15, 0.2) is 47.1 Å². The second kappa shape index (κ2) is 9.80. The number of nitrogens with zero attached hydrogens (tertiary/aromatic N) is 3. The Bertz CT molecular complexity index is 1090. The third kappa shape index (κ3) is 4.82. The Morgan fingerprint density at radius 2 is 2.09 bits per heavy atom. The molecule has 3 aromatic rings. The van der Waals surface area contributed by atoms with Gasteiger partial charge in [0.25, 0.3) is 5.91 Å². The molecule has 2 aliphatic heterocycles. The maximum absolute atomic E-state index is 13.3. The molecule has 2 aromatic heterocycles. The molecule has 0 saturated carbocycles. The second-order valence-corrected chi connectivity index (χ2v) is 8.43. The van der Waals surface area contributed by atoms with E-state index in [1.807, 2.05) is 23.1 Å². The maximum atomic E-state index is 13.3. The first-order valence-corrected chi connectivity index (χ1v) is 11.5. The smallest absolute Gasteiger partial charge is 0.289 e. The van der Waals surface area contributed by atoms with Crippen LogP contribution in [0.25, 0.3) is 10.9 Å². The summed E-state index contributed by atoms with van der Waals surface area (Å²) >= 11 is 0. The van der Waals surface area contributed by atoms with Gasteiger partial charge in [-0.25, -0.2) is 4.98 Å². The number of rotatable bonds is 7. The first-order chi connectivity index (χ1) is 16.2. The molecule has 0 spiro atoms. The number of pyridine rings is 1. The van der Waals surface area contributed by atoms with Crippen molar-refractivity contribution in [2.45, 2.75) is 25.5 Å². The molecule has 1 atom stereocenters. The lowest BCUT2D eigenvalue weighted by Gasteiger charge is -2.32. The third-order valence-electron chi connectivity index (χ3n) is 6.22. The van der Waals surface area contributed by atoms with Crippen molar-refractivity contribution >= 4 is 22.6 Å². The highest BCUT2D eigenvalue weighted by atomic mass is 16.5. The predicted molar refractivity (Wildman–Crippen MR) is 124 cm³/mol. The van der Waals surface area contributed by atoms with Crippen LogP contribution in [0.4, 0.5) is 5.82 Å². The molecule has 1 aromatic carbocycles. The number of morpholine rings is 1. The van der Waals surface area contributed by atoms with E-state index in [4.69, 9.17) is 23.6 Å². The minimum atomic E-state index is -0.141. The number of ether oxygens (including phenoxy) is 3. The number of benzene rings is 1. The van der Waals surface area contributed by atoms with Crippen molar-refractivity contribution in [2.24, 2.45) is 0 Å². The Kier molecular flexibility index (Phi) is 6.46. The standard InChI is InChI=1S/C25H29N3O5/c1-30-20-7-6-18-14-19(24(26-22(18)15-20)27-8-12-31-13-9-27)16-28(17-21-4-2-10-32-21)25(29)23-5-3-11-33-23/h3,5-7,11,14-15,21H,2,4,8-10,12-13,16-17H2,1H3. The lowest BCUT2D eigenvalue weighted by molar-refractivity contribution is 0.0484. The molecule has 4 heterocycles. The minimum absolute atomic E-state index is 0.0356. The van der Waals surface area contributed by atoms with Gasteiger partial charge in [0.1, 0.15) is 11.6 Å². The molecule has 8 heteroatoms. The molecule has 0 radical (unpaired) electrons. The summed E-state index contributed by atoms with van der Waals surface area (Å²) in [5.74, 6) is 1.84. The molecule has 5 rings (SSSR count). The van der Waals surface area contributed by atoms with Crippen LogP contribution in [0.5, 0.6) is 5.75 Å². The Morgan fingerprint density at radius 1 is 1.21 bits per heavy atom. The molecule has 0 N–H and O–H groups in total.